The van der Waals surface area contributed by atoms with E-state index in [0.717, 1.165) is 24.3 Å². The Balaban J connectivity index is 2.14. The number of nitro groups is 1. The zero-order chi connectivity index (χ0) is 21.4. The number of aliphatic hydroxyl groups is 1. The SMILES string of the molecule is O=C1N[C@@H](c2ccc([N+](=O)[O-])cc2)[C@@H](C(=O)c2ccccc2)[C@](O)(C(F)(F)F)N1. The van der Waals surface area contributed by atoms with Gasteiger partial charge in [0, 0.05) is 17.7 Å². The van der Waals surface area contributed by atoms with E-state index in [4.69, 9.17) is 0 Å². The maximum Gasteiger partial charge on any atom is 0.437 e. The third kappa shape index (κ3) is 3.63. The molecule has 0 aliphatic carbocycles. The summed E-state index contributed by atoms with van der Waals surface area (Å²) in [7, 11) is 0. The Hall–Kier alpha value is -3.47. The Labute approximate surface area is 161 Å². The van der Waals surface area contributed by atoms with Gasteiger partial charge in [-0.2, -0.15) is 13.2 Å². The number of carbonyl (C=O) groups excluding carboxylic acids is 2. The largest absolute Gasteiger partial charge is 0.437 e. The predicted molar refractivity (Wildman–Crippen MR) is 92.8 cm³/mol. The minimum absolute atomic E-state index is 0.0117. The van der Waals surface area contributed by atoms with Crippen molar-refractivity contribution in [2.45, 2.75) is 17.9 Å². The fourth-order valence-corrected chi connectivity index (χ4v) is 3.20. The van der Waals surface area contributed by atoms with Gasteiger partial charge in [-0.05, 0) is 5.56 Å². The fraction of sp³-hybridized carbons (Fsp3) is 0.222. The molecule has 1 saturated heterocycles. The van der Waals surface area contributed by atoms with Crippen LogP contribution in [0, 0.1) is 16.0 Å². The van der Waals surface area contributed by atoms with E-state index in [1.54, 1.807) is 6.07 Å². The minimum Gasteiger partial charge on any atom is -0.363 e. The number of benzene rings is 2. The van der Waals surface area contributed by atoms with Gasteiger partial charge in [0.25, 0.3) is 5.69 Å². The molecular weight excluding hydrogens is 395 g/mol. The first-order valence-corrected chi connectivity index (χ1v) is 8.26. The second-order valence-electron chi connectivity index (χ2n) is 6.40. The summed E-state index contributed by atoms with van der Waals surface area (Å²) in [6.45, 7) is 0. The van der Waals surface area contributed by atoms with E-state index >= 15 is 0 Å². The van der Waals surface area contributed by atoms with Gasteiger partial charge in [-0.1, -0.05) is 42.5 Å². The standard InChI is InChI=1S/C18H14F3N3O5/c19-18(20,21)17(27)13(15(25)11-4-2-1-3-5-11)14(22-16(26)23-17)10-6-8-12(9-7-10)24(28)29/h1-9,13-14,27H,(H2,22,23,26)/t13-,14-,17-/m0/s1. The molecule has 11 heteroatoms. The molecule has 3 N–H and O–H groups in total. The Morgan fingerprint density at radius 1 is 1.10 bits per heavy atom. The van der Waals surface area contributed by atoms with Crippen LogP contribution in [0.25, 0.3) is 0 Å². The van der Waals surface area contributed by atoms with E-state index in [2.05, 4.69) is 5.32 Å². The summed E-state index contributed by atoms with van der Waals surface area (Å²) in [5.41, 5.74) is -4.30. The van der Waals surface area contributed by atoms with Crippen LogP contribution < -0.4 is 10.6 Å². The maximum atomic E-state index is 13.8. The molecule has 0 radical (unpaired) electrons. The highest BCUT2D eigenvalue weighted by atomic mass is 19.4. The van der Waals surface area contributed by atoms with Crippen LogP contribution in [0.5, 0.6) is 0 Å². The molecular formula is C18H14F3N3O5. The number of nitro benzene ring substituents is 1. The molecule has 0 aromatic heterocycles. The number of Topliss-reactive ketones (excluding diaryl/α,β-unsaturated/α-hetero) is 1. The van der Waals surface area contributed by atoms with Crippen LogP contribution in [0.4, 0.5) is 23.7 Å². The third-order valence-electron chi connectivity index (χ3n) is 4.61. The number of hydrogen-bond donors (Lipinski definition) is 3. The first-order valence-electron chi connectivity index (χ1n) is 8.26. The summed E-state index contributed by atoms with van der Waals surface area (Å²) < 4.78 is 41.3. The molecule has 0 bridgehead atoms. The number of amides is 2. The van der Waals surface area contributed by atoms with Crippen LogP contribution in [-0.4, -0.2) is 33.7 Å². The van der Waals surface area contributed by atoms with E-state index in [1.807, 2.05) is 0 Å². The molecule has 2 aromatic rings. The highest BCUT2D eigenvalue weighted by molar-refractivity contribution is 6.00. The first kappa shape index (κ1) is 20.3. The molecule has 152 valence electrons. The topological polar surface area (TPSA) is 122 Å². The number of hydrogen-bond acceptors (Lipinski definition) is 5. The van der Waals surface area contributed by atoms with Crippen LogP contribution in [0.1, 0.15) is 22.0 Å². The van der Waals surface area contributed by atoms with Crippen molar-refractivity contribution < 1.29 is 32.8 Å². The van der Waals surface area contributed by atoms with Crippen molar-refractivity contribution in [3.05, 3.63) is 75.8 Å². The number of halogens is 3. The van der Waals surface area contributed by atoms with Gasteiger partial charge in [0.15, 0.2) is 5.78 Å². The zero-order valence-electron chi connectivity index (χ0n) is 14.5. The van der Waals surface area contributed by atoms with Crippen LogP contribution >= 0.6 is 0 Å². The Morgan fingerprint density at radius 2 is 1.69 bits per heavy atom. The predicted octanol–water partition coefficient (Wildman–Crippen LogP) is 2.70. The number of nitrogens with zero attached hydrogens (tertiary/aromatic N) is 1. The molecule has 29 heavy (non-hydrogen) atoms. The van der Waals surface area contributed by atoms with E-state index in [9.17, 15) is 38.0 Å². The molecule has 1 heterocycles. The van der Waals surface area contributed by atoms with Gasteiger partial charge in [0.1, 0.15) is 5.92 Å². The lowest BCUT2D eigenvalue weighted by Gasteiger charge is -2.45. The van der Waals surface area contributed by atoms with Gasteiger partial charge in [-0.3, -0.25) is 14.9 Å². The molecule has 2 aromatic carbocycles. The maximum absolute atomic E-state index is 13.8. The number of non-ortho nitro benzene ring substituents is 1. The lowest BCUT2D eigenvalue weighted by molar-refractivity contribution is -0.384. The summed E-state index contributed by atoms with van der Waals surface area (Å²) in [5, 5.41) is 24.9. The van der Waals surface area contributed by atoms with Crippen molar-refractivity contribution in [3.63, 3.8) is 0 Å². The van der Waals surface area contributed by atoms with E-state index < -0.39 is 40.6 Å². The average Bonchev–Trinajstić information content (AvgIpc) is 2.67. The molecule has 3 atom stereocenters. The number of rotatable bonds is 4. The van der Waals surface area contributed by atoms with Crippen molar-refractivity contribution in [2.75, 3.05) is 0 Å². The van der Waals surface area contributed by atoms with E-state index in [1.165, 1.54) is 29.6 Å². The smallest absolute Gasteiger partial charge is 0.363 e. The van der Waals surface area contributed by atoms with Crippen molar-refractivity contribution in [1.29, 1.82) is 0 Å². The normalized spacial score (nSPS) is 24.3. The Bertz CT molecular complexity index is 949. The summed E-state index contributed by atoms with van der Waals surface area (Å²) in [6.07, 6.45) is -5.38. The Kier molecular flexibility index (Phi) is 5.01. The third-order valence-corrected chi connectivity index (χ3v) is 4.61. The van der Waals surface area contributed by atoms with Gasteiger partial charge < -0.3 is 15.7 Å². The second-order valence-corrected chi connectivity index (χ2v) is 6.40. The van der Waals surface area contributed by atoms with Crippen molar-refractivity contribution >= 4 is 17.5 Å². The number of nitrogens with one attached hydrogen (secondary N) is 2. The minimum atomic E-state index is -5.38. The summed E-state index contributed by atoms with van der Waals surface area (Å²) in [4.78, 5) is 35.0. The number of carbonyl (C=O) groups is 2. The monoisotopic (exact) mass is 409 g/mol. The second kappa shape index (κ2) is 7.17. The lowest BCUT2D eigenvalue weighted by Crippen LogP contribution is -2.72. The van der Waals surface area contributed by atoms with E-state index in [-0.39, 0.29) is 16.8 Å². The van der Waals surface area contributed by atoms with Crippen LogP contribution in [0.15, 0.2) is 54.6 Å². The number of urea groups is 1. The summed E-state index contributed by atoms with van der Waals surface area (Å²) in [5.74, 6) is -3.26. The highest BCUT2D eigenvalue weighted by Gasteiger charge is 2.66. The van der Waals surface area contributed by atoms with Crippen molar-refractivity contribution in [3.8, 4) is 0 Å². The fourth-order valence-electron chi connectivity index (χ4n) is 3.20. The molecule has 1 aliphatic rings. The Morgan fingerprint density at radius 3 is 2.21 bits per heavy atom. The van der Waals surface area contributed by atoms with Crippen molar-refractivity contribution in [1.82, 2.24) is 10.6 Å². The molecule has 0 saturated carbocycles. The van der Waals surface area contributed by atoms with Crippen LogP contribution in [-0.2, 0) is 0 Å². The average molecular weight is 409 g/mol. The first-order chi connectivity index (χ1) is 13.5. The van der Waals surface area contributed by atoms with Crippen molar-refractivity contribution in [2.24, 2.45) is 5.92 Å². The molecule has 0 spiro atoms. The van der Waals surface area contributed by atoms with Crippen LogP contribution in [0.2, 0.25) is 0 Å². The quantitative estimate of drug-likeness (QED) is 0.407. The molecule has 0 unspecified atom stereocenters. The van der Waals surface area contributed by atoms with Crippen LogP contribution in [0.3, 0.4) is 0 Å². The summed E-state index contributed by atoms with van der Waals surface area (Å²) in [6, 6.07) is 8.36. The molecule has 8 nitrogen and oxygen atoms in total. The van der Waals surface area contributed by atoms with Gasteiger partial charge >= 0.3 is 12.2 Å². The van der Waals surface area contributed by atoms with E-state index in [0.29, 0.717) is 0 Å². The van der Waals surface area contributed by atoms with Gasteiger partial charge in [0.05, 0.1) is 11.0 Å². The zero-order valence-corrected chi connectivity index (χ0v) is 14.5. The molecule has 3 rings (SSSR count). The van der Waals surface area contributed by atoms with Gasteiger partial charge in [0.2, 0.25) is 5.72 Å². The highest BCUT2D eigenvalue weighted by Crippen LogP contribution is 2.44. The number of ketones is 1. The number of alkyl halides is 3. The summed E-state index contributed by atoms with van der Waals surface area (Å²) >= 11 is 0. The lowest BCUT2D eigenvalue weighted by atomic mass is 9.77. The van der Waals surface area contributed by atoms with Gasteiger partial charge in [-0.15, -0.1) is 0 Å². The molecule has 2 amide bonds. The molecule has 1 aliphatic heterocycles. The van der Waals surface area contributed by atoms with Gasteiger partial charge in [-0.25, -0.2) is 4.79 Å². The molecule has 1 fully saturated rings.